The van der Waals surface area contributed by atoms with E-state index in [0.29, 0.717) is 0 Å². The van der Waals surface area contributed by atoms with E-state index in [1.165, 1.54) is 29.8 Å². The minimum atomic E-state index is 1.13. The van der Waals surface area contributed by atoms with E-state index >= 15 is 0 Å². The van der Waals surface area contributed by atoms with Crippen molar-refractivity contribution < 1.29 is 0 Å². The van der Waals surface area contributed by atoms with E-state index in [-0.39, 0.29) is 0 Å². The molecule has 0 saturated heterocycles. The fourth-order valence-electron chi connectivity index (χ4n) is 1.93. The quantitative estimate of drug-likeness (QED) is 0.657. The maximum absolute atomic E-state index is 2.44. The largest absolute Gasteiger partial charge is 0.371 e. The summed E-state index contributed by atoms with van der Waals surface area (Å²) in [6.45, 7) is 10.7. The predicted octanol–water partition coefficient (Wildman–Crippen LogP) is 3.40. The summed E-state index contributed by atoms with van der Waals surface area (Å²) in [4.78, 5) is 2.44. The third-order valence-electron chi connectivity index (χ3n) is 2.61. The van der Waals surface area contributed by atoms with Crippen LogP contribution in [0.25, 0.3) is 0 Å². The van der Waals surface area contributed by atoms with Crippen LogP contribution in [0.2, 0.25) is 0 Å². The number of anilines is 1. The third-order valence-corrected chi connectivity index (χ3v) is 2.61. The van der Waals surface area contributed by atoms with E-state index in [0.717, 1.165) is 6.54 Å². The first-order valence-electron chi connectivity index (χ1n) is 5.65. The van der Waals surface area contributed by atoms with E-state index in [9.17, 15) is 0 Å². The average Bonchev–Trinajstić information content (AvgIpc) is 2.62. The summed E-state index contributed by atoms with van der Waals surface area (Å²) in [6.07, 6.45) is 1.23. The molecule has 0 N–H and O–H groups in total. The van der Waals surface area contributed by atoms with Gasteiger partial charge in [0.1, 0.15) is 0 Å². The van der Waals surface area contributed by atoms with E-state index in [4.69, 9.17) is 0 Å². The van der Waals surface area contributed by atoms with Crippen molar-refractivity contribution in [1.82, 2.24) is 0 Å². The van der Waals surface area contributed by atoms with Gasteiger partial charge in [-0.05, 0) is 31.9 Å². The van der Waals surface area contributed by atoms with Gasteiger partial charge in [0.15, 0.2) is 0 Å². The standard InChI is InChI=1S/C11H15N.C2H6/c1-3-12-7-6-10-8-9(2)4-5-11(10)12;1-2/h4-5,8H,3,6-7H2,1-2H3;1-2H3. The van der Waals surface area contributed by atoms with E-state index in [2.05, 4.69) is 36.9 Å². The second-order valence-electron chi connectivity index (χ2n) is 3.46. The van der Waals surface area contributed by atoms with Crippen LogP contribution < -0.4 is 4.90 Å². The minimum Gasteiger partial charge on any atom is -0.371 e. The molecule has 0 fully saturated rings. The normalized spacial score (nSPS) is 13.3. The Bertz CT molecular complexity index is 291. The zero-order valence-electron chi connectivity index (χ0n) is 9.80. The summed E-state index contributed by atoms with van der Waals surface area (Å²) < 4.78 is 0. The van der Waals surface area contributed by atoms with Crippen LogP contribution >= 0.6 is 0 Å². The second-order valence-corrected chi connectivity index (χ2v) is 3.46. The fraction of sp³-hybridized carbons (Fsp3) is 0.538. The lowest BCUT2D eigenvalue weighted by molar-refractivity contribution is 0.868. The summed E-state index contributed by atoms with van der Waals surface area (Å²) in [5.41, 5.74) is 4.35. The molecule has 14 heavy (non-hydrogen) atoms. The highest BCUT2D eigenvalue weighted by Gasteiger charge is 2.16. The molecule has 0 unspecified atom stereocenters. The van der Waals surface area contributed by atoms with Gasteiger partial charge in [-0.15, -0.1) is 0 Å². The molecule has 1 nitrogen and oxygen atoms in total. The van der Waals surface area contributed by atoms with Gasteiger partial charge >= 0.3 is 0 Å². The number of hydrogen-bond donors (Lipinski definition) is 0. The maximum Gasteiger partial charge on any atom is 0.0399 e. The Kier molecular flexibility index (Phi) is 3.99. The Labute approximate surface area is 87.7 Å². The van der Waals surface area contributed by atoms with Crippen LogP contribution in [0, 0.1) is 6.92 Å². The van der Waals surface area contributed by atoms with Gasteiger partial charge in [-0.3, -0.25) is 0 Å². The highest BCUT2D eigenvalue weighted by molar-refractivity contribution is 5.58. The molecule has 1 aromatic carbocycles. The molecule has 2 rings (SSSR count). The monoisotopic (exact) mass is 191 g/mol. The van der Waals surface area contributed by atoms with Crippen molar-refractivity contribution in [3.05, 3.63) is 29.3 Å². The zero-order valence-corrected chi connectivity index (χ0v) is 9.80. The fourth-order valence-corrected chi connectivity index (χ4v) is 1.93. The van der Waals surface area contributed by atoms with Gasteiger partial charge in [-0.1, -0.05) is 31.5 Å². The van der Waals surface area contributed by atoms with Crippen LogP contribution in [0.5, 0.6) is 0 Å². The second kappa shape index (κ2) is 5.04. The molecule has 0 saturated carbocycles. The Balaban J connectivity index is 0.000000461. The SMILES string of the molecule is CC.CCN1CCc2cc(C)ccc21. The summed E-state index contributed by atoms with van der Waals surface area (Å²) in [5.74, 6) is 0. The molecule has 1 heteroatoms. The lowest BCUT2D eigenvalue weighted by Crippen LogP contribution is -2.18. The molecule has 0 radical (unpaired) electrons. The molecule has 1 aliphatic rings. The molecule has 1 aliphatic heterocycles. The van der Waals surface area contributed by atoms with Crippen molar-refractivity contribution in [1.29, 1.82) is 0 Å². The van der Waals surface area contributed by atoms with E-state index in [1.807, 2.05) is 13.8 Å². The van der Waals surface area contributed by atoms with Gasteiger partial charge in [-0.25, -0.2) is 0 Å². The summed E-state index contributed by atoms with van der Waals surface area (Å²) in [7, 11) is 0. The lowest BCUT2D eigenvalue weighted by Gasteiger charge is -2.16. The van der Waals surface area contributed by atoms with E-state index in [1.54, 1.807) is 0 Å². The molecule has 0 aromatic heterocycles. The van der Waals surface area contributed by atoms with Crippen molar-refractivity contribution in [2.75, 3.05) is 18.0 Å². The number of fused-ring (bicyclic) bond motifs is 1. The molecule has 1 aromatic rings. The summed E-state index contributed by atoms with van der Waals surface area (Å²) >= 11 is 0. The van der Waals surface area contributed by atoms with Gasteiger partial charge in [0.2, 0.25) is 0 Å². The van der Waals surface area contributed by atoms with Gasteiger partial charge in [0.05, 0.1) is 0 Å². The van der Waals surface area contributed by atoms with Crippen LogP contribution in [-0.4, -0.2) is 13.1 Å². The lowest BCUT2D eigenvalue weighted by atomic mass is 10.1. The Hall–Kier alpha value is -0.980. The molecular formula is C13H21N. The van der Waals surface area contributed by atoms with Crippen molar-refractivity contribution in [3.8, 4) is 0 Å². The Morgan fingerprint density at radius 1 is 1.29 bits per heavy atom. The maximum atomic E-state index is 2.44. The van der Waals surface area contributed by atoms with Crippen LogP contribution in [0.1, 0.15) is 31.9 Å². The van der Waals surface area contributed by atoms with Crippen LogP contribution in [0.4, 0.5) is 5.69 Å². The number of nitrogens with zero attached hydrogens (tertiary/aromatic N) is 1. The van der Waals surface area contributed by atoms with E-state index < -0.39 is 0 Å². The van der Waals surface area contributed by atoms with Crippen molar-refractivity contribution >= 4 is 5.69 Å². The van der Waals surface area contributed by atoms with Crippen molar-refractivity contribution in [3.63, 3.8) is 0 Å². The van der Waals surface area contributed by atoms with Gasteiger partial charge in [-0.2, -0.15) is 0 Å². The third kappa shape index (κ3) is 2.09. The topological polar surface area (TPSA) is 3.24 Å². The van der Waals surface area contributed by atoms with Gasteiger partial charge in [0.25, 0.3) is 0 Å². The number of rotatable bonds is 1. The smallest absolute Gasteiger partial charge is 0.0399 e. The highest BCUT2D eigenvalue weighted by atomic mass is 15.1. The van der Waals surface area contributed by atoms with Crippen molar-refractivity contribution in [2.45, 2.75) is 34.1 Å². The average molecular weight is 191 g/mol. The summed E-state index contributed by atoms with van der Waals surface area (Å²) in [5, 5.41) is 0. The molecule has 0 bridgehead atoms. The Morgan fingerprint density at radius 2 is 2.00 bits per heavy atom. The predicted molar refractivity (Wildman–Crippen MR) is 64.1 cm³/mol. The number of aryl methyl sites for hydroxylation is 1. The van der Waals surface area contributed by atoms with Crippen molar-refractivity contribution in [2.24, 2.45) is 0 Å². The molecule has 0 atom stereocenters. The van der Waals surface area contributed by atoms with Crippen LogP contribution in [0.15, 0.2) is 18.2 Å². The molecule has 78 valence electrons. The first-order chi connectivity index (χ1) is 6.81. The molecule has 0 spiro atoms. The molecule has 0 aliphatic carbocycles. The molecule has 0 amide bonds. The Morgan fingerprint density at radius 3 is 2.64 bits per heavy atom. The first-order valence-corrected chi connectivity index (χ1v) is 5.65. The minimum absolute atomic E-state index is 1.13. The van der Waals surface area contributed by atoms with Crippen LogP contribution in [-0.2, 0) is 6.42 Å². The molecular weight excluding hydrogens is 170 g/mol. The highest BCUT2D eigenvalue weighted by Crippen LogP contribution is 2.27. The van der Waals surface area contributed by atoms with Gasteiger partial charge < -0.3 is 4.90 Å². The number of hydrogen-bond acceptors (Lipinski definition) is 1. The van der Waals surface area contributed by atoms with Crippen LogP contribution in [0.3, 0.4) is 0 Å². The van der Waals surface area contributed by atoms with Gasteiger partial charge in [0, 0.05) is 18.8 Å². The number of likely N-dealkylation sites (N-methyl/N-ethyl adjacent to an activating group) is 1. The number of benzene rings is 1. The molecule has 1 heterocycles. The zero-order chi connectivity index (χ0) is 10.6. The first kappa shape index (κ1) is 11.1. The summed E-state index contributed by atoms with van der Waals surface area (Å²) in [6, 6.07) is 6.76.